The van der Waals surface area contributed by atoms with E-state index in [1.165, 1.54) is 18.4 Å². The molecule has 0 radical (unpaired) electrons. The van der Waals surface area contributed by atoms with Crippen molar-refractivity contribution in [1.29, 1.82) is 0 Å². The molecule has 1 fully saturated rings. The van der Waals surface area contributed by atoms with Gasteiger partial charge in [-0.25, -0.2) is 0 Å². The lowest BCUT2D eigenvalue weighted by atomic mass is 10.2. The molecule has 1 saturated carbocycles. The molecule has 0 amide bonds. The number of ether oxygens (including phenoxy) is 2. The number of methoxy groups -OCH3 is 1. The smallest absolute Gasteiger partial charge is 0.161 e. The third-order valence-corrected chi connectivity index (χ3v) is 4.54. The zero-order chi connectivity index (χ0) is 16.2. The predicted molar refractivity (Wildman–Crippen MR) is 93.6 cm³/mol. The molecule has 0 saturated heterocycles. The zero-order valence-electron chi connectivity index (χ0n) is 12.9. The Balaban J connectivity index is 1.69. The van der Waals surface area contributed by atoms with Gasteiger partial charge in [0, 0.05) is 28.2 Å². The Morgan fingerprint density at radius 1 is 1.09 bits per heavy atom. The Morgan fingerprint density at radius 2 is 1.83 bits per heavy atom. The van der Waals surface area contributed by atoms with Crippen LogP contribution in [-0.2, 0) is 13.2 Å². The minimum atomic E-state index is 0.300. The third kappa shape index (κ3) is 4.31. The standard InChI is InChI=1S/C18H19Cl2NO2/c1-22-18-9-12(10-21-13-6-7-13)5-8-17(18)23-11-14-15(19)3-2-4-16(14)20/h2-5,8-9,13,21H,6-7,10-11H2,1H3. The number of hydrogen-bond donors (Lipinski definition) is 1. The van der Waals surface area contributed by atoms with E-state index in [0.717, 1.165) is 12.1 Å². The second-order valence-corrected chi connectivity index (χ2v) is 6.44. The topological polar surface area (TPSA) is 30.5 Å². The molecular formula is C18H19Cl2NO2. The second kappa shape index (κ2) is 7.43. The Hall–Kier alpha value is -1.42. The molecule has 0 atom stereocenters. The summed E-state index contributed by atoms with van der Waals surface area (Å²) in [5, 5.41) is 4.68. The van der Waals surface area contributed by atoms with Crippen molar-refractivity contribution in [2.75, 3.05) is 7.11 Å². The van der Waals surface area contributed by atoms with E-state index in [-0.39, 0.29) is 0 Å². The van der Waals surface area contributed by atoms with Gasteiger partial charge in [0.05, 0.1) is 7.11 Å². The lowest BCUT2D eigenvalue weighted by molar-refractivity contribution is 0.284. The summed E-state index contributed by atoms with van der Waals surface area (Å²) >= 11 is 12.3. The summed E-state index contributed by atoms with van der Waals surface area (Å²) in [6.07, 6.45) is 2.55. The predicted octanol–water partition coefficient (Wildman–Crippen LogP) is 4.83. The summed E-state index contributed by atoms with van der Waals surface area (Å²) in [7, 11) is 1.64. The van der Waals surface area contributed by atoms with Crippen molar-refractivity contribution in [2.24, 2.45) is 0 Å². The molecule has 0 heterocycles. The summed E-state index contributed by atoms with van der Waals surface area (Å²) in [4.78, 5) is 0. The maximum Gasteiger partial charge on any atom is 0.161 e. The molecule has 2 aromatic rings. The molecule has 3 nitrogen and oxygen atoms in total. The van der Waals surface area contributed by atoms with Crippen LogP contribution in [0.3, 0.4) is 0 Å². The van der Waals surface area contributed by atoms with E-state index in [2.05, 4.69) is 5.32 Å². The van der Waals surface area contributed by atoms with Crippen molar-refractivity contribution in [3.05, 3.63) is 57.6 Å². The highest BCUT2D eigenvalue weighted by Crippen LogP contribution is 2.31. The maximum absolute atomic E-state index is 6.17. The monoisotopic (exact) mass is 351 g/mol. The average molecular weight is 352 g/mol. The van der Waals surface area contributed by atoms with E-state index >= 15 is 0 Å². The fraction of sp³-hybridized carbons (Fsp3) is 0.333. The molecule has 0 aromatic heterocycles. The summed E-state index contributed by atoms with van der Waals surface area (Å²) in [6.45, 7) is 1.15. The van der Waals surface area contributed by atoms with Crippen molar-refractivity contribution < 1.29 is 9.47 Å². The number of hydrogen-bond acceptors (Lipinski definition) is 3. The van der Waals surface area contributed by atoms with E-state index in [0.29, 0.717) is 34.2 Å². The van der Waals surface area contributed by atoms with Gasteiger partial charge in [0.1, 0.15) is 6.61 Å². The quantitative estimate of drug-likeness (QED) is 0.774. The molecule has 1 aliphatic rings. The minimum Gasteiger partial charge on any atom is -0.493 e. The fourth-order valence-corrected chi connectivity index (χ4v) is 2.82. The second-order valence-electron chi connectivity index (χ2n) is 5.63. The van der Waals surface area contributed by atoms with Gasteiger partial charge in [0.2, 0.25) is 0 Å². The highest BCUT2D eigenvalue weighted by molar-refractivity contribution is 6.35. The number of rotatable bonds is 7. The molecule has 0 spiro atoms. The largest absolute Gasteiger partial charge is 0.493 e. The highest BCUT2D eigenvalue weighted by Gasteiger charge is 2.20. The van der Waals surface area contributed by atoms with E-state index in [1.807, 2.05) is 24.3 Å². The SMILES string of the molecule is COc1cc(CNC2CC2)ccc1OCc1c(Cl)cccc1Cl. The van der Waals surface area contributed by atoms with Gasteiger partial charge in [-0.15, -0.1) is 0 Å². The van der Waals surface area contributed by atoms with E-state index in [4.69, 9.17) is 32.7 Å². The molecule has 2 aromatic carbocycles. The Kier molecular flexibility index (Phi) is 5.31. The summed E-state index contributed by atoms with van der Waals surface area (Å²) in [5.74, 6) is 1.39. The van der Waals surface area contributed by atoms with Crippen LogP contribution in [-0.4, -0.2) is 13.2 Å². The van der Waals surface area contributed by atoms with Crippen molar-refractivity contribution in [3.8, 4) is 11.5 Å². The van der Waals surface area contributed by atoms with Crippen molar-refractivity contribution in [1.82, 2.24) is 5.32 Å². The number of halogens is 2. The van der Waals surface area contributed by atoms with Crippen LogP contribution >= 0.6 is 23.2 Å². The van der Waals surface area contributed by atoms with Gasteiger partial charge in [-0.3, -0.25) is 0 Å². The fourth-order valence-electron chi connectivity index (χ4n) is 2.31. The van der Waals surface area contributed by atoms with Crippen LogP contribution in [0.2, 0.25) is 10.0 Å². The van der Waals surface area contributed by atoms with Crippen LogP contribution < -0.4 is 14.8 Å². The molecule has 0 unspecified atom stereocenters. The van der Waals surface area contributed by atoms with Crippen molar-refractivity contribution >= 4 is 23.2 Å². The molecule has 5 heteroatoms. The van der Waals surface area contributed by atoms with Crippen LogP contribution in [0.1, 0.15) is 24.0 Å². The van der Waals surface area contributed by atoms with Crippen molar-refractivity contribution in [2.45, 2.75) is 32.0 Å². The number of benzene rings is 2. The lowest BCUT2D eigenvalue weighted by Crippen LogP contribution is -2.15. The average Bonchev–Trinajstić information content (AvgIpc) is 3.37. The zero-order valence-corrected chi connectivity index (χ0v) is 14.5. The Bertz CT molecular complexity index is 666. The van der Waals surface area contributed by atoms with Gasteiger partial charge in [-0.2, -0.15) is 0 Å². The summed E-state index contributed by atoms with van der Waals surface area (Å²) < 4.78 is 11.3. The first kappa shape index (κ1) is 16.4. The van der Waals surface area contributed by atoms with Crippen LogP contribution in [0.5, 0.6) is 11.5 Å². The maximum atomic E-state index is 6.17. The summed E-state index contributed by atoms with van der Waals surface area (Å²) in [6, 6.07) is 12.1. The minimum absolute atomic E-state index is 0.300. The lowest BCUT2D eigenvalue weighted by Gasteiger charge is -2.14. The summed E-state index contributed by atoms with van der Waals surface area (Å²) in [5.41, 5.74) is 1.95. The van der Waals surface area contributed by atoms with E-state index in [9.17, 15) is 0 Å². The van der Waals surface area contributed by atoms with Gasteiger partial charge in [-0.1, -0.05) is 35.3 Å². The van der Waals surface area contributed by atoms with E-state index in [1.54, 1.807) is 19.2 Å². The van der Waals surface area contributed by atoms with Crippen LogP contribution in [0.4, 0.5) is 0 Å². The molecule has 23 heavy (non-hydrogen) atoms. The number of nitrogens with one attached hydrogen (secondary N) is 1. The van der Waals surface area contributed by atoms with Gasteiger partial charge in [0.25, 0.3) is 0 Å². The first-order chi connectivity index (χ1) is 11.2. The molecular weight excluding hydrogens is 333 g/mol. The van der Waals surface area contributed by atoms with Gasteiger partial charge < -0.3 is 14.8 Å². The van der Waals surface area contributed by atoms with Gasteiger partial charge in [0.15, 0.2) is 11.5 Å². The first-order valence-electron chi connectivity index (χ1n) is 7.63. The van der Waals surface area contributed by atoms with Gasteiger partial charge >= 0.3 is 0 Å². The highest BCUT2D eigenvalue weighted by atomic mass is 35.5. The normalized spacial score (nSPS) is 13.9. The molecule has 1 aliphatic carbocycles. The molecule has 3 rings (SSSR count). The first-order valence-corrected chi connectivity index (χ1v) is 8.39. The van der Waals surface area contributed by atoms with Gasteiger partial charge in [-0.05, 0) is 42.7 Å². The van der Waals surface area contributed by atoms with Crippen LogP contribution in [0.15, 0.2) is 36.4 Å². The third-order valence-electron chi connectivity index (χ3n) is 3.83. The van der Waals surface area contributed by atoms with E-state index < -0.39 is 0 Å². The van der Waals surface area contributed by atoms with Crippen LogP contribution in [0.25, 0.3) is 0 Å². The van der Waals surface area contributed by atoms with Crippen LogP contribution in [0, 0.1) is 0 Å². The van der Waals surface area contributed by atoms with Crippen molar-refractivity contribution in [3.63, 3.8) is 0 Å². The molecule has 0 aliphatic heterocycles. The molecule has 122 valence electrons. The molecule has 1 N–H and O–H groups in total. The Morgan fingerprint density at radius 3 is 2.48 bits per heavy atom. The molecule has 0 bridgehead atoms. The Labute approximate surface area is 146 Å².